The third kappa shape index (κ3) is 5.71. The van der Waals surface area contributed by atoms with E-state index < -0.39 is 0 Å². The van der Waals surface area contributed by atoms with E-state index in [2.05, 4.69) is 15.5 Å². The van der Waals surface area contributed by atoms with E-state index in [9.17, 15) is 4.79 Å². The molecule has 4 rings (SSSR count). The summed E-state index contributed by atoms with van der Waals surface area (Å²) in [5.74, 6) is 1.08. The molecule has 0 saturated heterocycles. The van der Waals surface area contributed by atoms with Crippen molar-refractivity contribution in [3.8, 4) is 17.5 Å². The van der Waals surface area contributed by atoms with Gasteiger partial charge < -0.3 is 10.1 Å². The van der Waals surface area contributed by atoms with Crippen molar-refractivity contribution in [1.82, 2.24) is 14.8 Å². The van der Waals surface area contributed by atoms with Gasteiger partial charge in [0.2, 0.25) is 5.91 Å². The molecule has 0 aliphatic heterocycles. The van der Waals surface area contributed by atoms with Crippen LogP contribution in [-0.2, 0) is 11.4 Å². The Labute approximate surface area is 200 Å². The predicted molar refractivity (Wildman–Crippen MR) is 128 cm³/mol. The Morgan fingerprint density at radius 1 is 1.03 bits per heavy atom. The number of carbonyl (C=O) groups excluding carboxylic acids is 1. The first kappa shape index (κ1) is 22.4. The quantitative estimate of drug-likeness (QED) is 0.356. The van der Waals surface area contributed by atoms with Crippen molar-refractivity contribution in [2.24, 2.45) is 0 Å². The van der Waals surface area contributed by atoms with E-state index in [4.69, 9.17) is 21.6 Å². The number of hydrogen-bond donors (Lipinski definition) is 1. The van der Waals surface area contributed by atoms with Crippen LogP contribution in [0, 0.1) is 11.3 Å². The SMILES string of the molecule is N#Cc1ccc(NC(=O)CSc2nnc(COc3ccccc3Cl)n2-c2ccccc2)cc1. The summed E-state index contributed by atoms with van der Waals surface area (Å²) in [7, 11) is 0. The average molecular weight is 476 g/mol. The minimum Gasteiger partial charge on any atom is -0.484 e. The molecule has 164 valence electrons. The van der Waals surface area contributed by atoms with Crippen molar-refractivity contribution in [2.45, 2.75) is 11.8 Å². The lowest BCUT2D eigenvalue weighted by Crippen LogP contribution is -2.14. The van der Waals surface area contributed by atoms with Crippen LogP contribution in [0.15, 0.2) is 84.0 Å². The van der Waals surface area contributed by atoms with Crippen LogP contribution in [-0.4, -0.2) is 26.4 Å². The first-order valence-corrected chi connectivity index (χ1v) is 11.3. The number of aromatic nitrogens is 3. The number of nitriles is 1. The number of halogens is 1. The predicted octanol–water partition coefficient (Wildman–Crippen LogP) is 5.10. The summed E-state index contributed by atoms with van der Waals surface area (Å²) in [6.07, 6.45) is 0. The molecule has 0 aliphatic carbocycles. The molecule has 7 nitrogen and oxygen atoms in total. The molecule has 4 aromatic rings. The van der Waals surface area contributed by atoms with Gasteiger partial charge in [-0.2, -0.15) is 5.26 Å². The second-order valence-electron chi connectivity index (χ2n) is 6.81. The van der Waals surface area contributed by atoms with Crippen LogP contribution in [0.5, 0.6) is 5.75 Å². The lowest BCUT2D eigenvalue weighted by Gasteiger charge is -2.12. The molecule has 1 aromatic heterocycles. The highest BCUT2D eigenvalue weighted by Crippen LogP contribution is 2.26. The van der Waals surface area contributed by atoms with Crippen molar-refractivity contribution >= 4 is 35.0 Å². The highest BCUT2D eigenvalue weighted by atomic mass is 35.5. The van der Waals surface area contributed by atoms with Crippen molar-refractivity contribution in [3.63, 3.8) is 0 Å². The van der Waals surface area contributed by atoms with Gasteiger partial charge in [0, 0.05) is 11.4 Å². The zero-order valence-electron chi connectivity index (χ0n) is 17.3. The van der Waals surface area contributed by atoms with Crippen LogP contribution in [0.4, 0.5) is 5.69 Å². The van der Waals surface area contributed by atoms with Gasteiger partial charge >= 0.3 is 0 Å². The maximum Gasteiger partial charge on any atom is 0.234 e. The molecule has 1 N–H and O–H groups in total. The van der Waals surface area contributed by atoms with Crippen molar-refractivity contribution < 1.29 is 9.53 Å². The van der Waals surface area contributed by atoms with Gasteiger partial charge in [-0.05, 0) is 48.5 Å². The molecule has 1 amide bonds. The van der Waals surface area contributed by atoms with E-state index >= 15 is 0 Å². The third-order valence-corrected chi connectivity index (χ3v) is 5.78. The molecule has 0 unspecified atom stereocenters. The molecule has 0 aliphatic rings. The van der Waals surface area contributed by atoms with Crippen molar-refractivity contribution in [3.05, 3.63) is 95.3 Å². The van der Waals surface area contributed by atoms with Crippen molar-refractivity contribution in [1.29, 1.82) is 5.26 Å². The highest BCUT2D eigenvalue weighted by Gasteiger charge is 2.17. The molecule has 0 atom stereocenters. The fourth-order valence-electron chi connectivity index (χ4n) is 2.98. The van der Waals surface area contributed by atoms with Gasteiger partial charge in [-0.3, -0.25) is 9.36 Å². The Balaban J connectivity index is 1.48. The van der Waals surface area contributed by atoms with E-state index in [1.54, 1.807) is 36.4 Å². The van der Waals surface area contributed by atoms with E-state index in [1.807, 2.05) is 53.1 Å². The van der Waals surface area contributed by atoms with Crippen LogP contribution >= 0.6 is 23.4 Å². The number of anilines is 1. The largest absolute Gasteiger partial charge is 0.484 e. The molecule has 0 bridgehead atoms. The number of ether oxygens (including phenoxy) is 1. The molecular weight excluding hydrogens is 458 g/mol. The van der Waals surface area contributed by atoms with Crippen molar-refractivity contribution in [2.75, 3.05) is 11.1 Å². The van der Waals surface area contributed by atoms with Gasteiger partial charge in [-0.1, -0.05) is 53.7 Å². The highest BCUT2D eigenvalue weighted by molar-refractivity contribution is 7.99. The average Bonchev–Trinajstić information content (AvgIpc) is 3.26. The standard InChI is InChI=1S/C24H18ClN5O2S/c25-20-8-4-5-9-21(20)32-15-22-28-29-24(30(22)19-6-2-1-3-7-19)33-16-23(31)27-18-12-10-17(14-26)11-13-18/h1-13H,15-16H2,(H,27,31). The number of thioether (sulfide) groups is 1. The lowest BCUT2D eigenvalue weighted by atomic mass is 10.2. The third-order valence-electron chi connectivity index (χ3n) is 4.54. The van der Waals surface area contributed by atoms with E-state index in [1.165, 1.54) is 11.8 Å². The minimum atomic E-state index is -0.193. The first-order valence-electron chi connectivity index (χ1n) is 9.94. The first-order chi connectivity index (χ1) is 16.1. The number of hydrogen-bond acceptors (Lipinski definition) is 6. The minimum absolute atomic E-state index is 0.135. The summed E-state index contributed by atoms with van der Waals surface area (Å²) in [6.45, 7) is 0.156. The van der Waals surface area contributed by atoms with Gasteiger partial charge in [0.25, 0.3) is 0 Å². The maximum atomic E-state index is 12.4. The Bertz CT molecular complexity index is 1290. The molecular formula is C24H18ClN5O2S. The van der Waals surface area contributed by atoms with Crippen LogP contribution in [0.3, 0.4) is 0 Å². The molecule has 0 spiro atoms. The number of amides is 1. The molecule has 0 saturated carbocycles. The smallest absolute Gasteiger partial charge is 0.234 e. The van der Waals surface area contributed by atoms with Crippen LogP contribution in [0.25, 0.3) is 5.69 Å². The number of rotatable bonds is 8. The van der Waals surface area contributed by atoms with E-state index in [0.29, 0.717) is 33.0 Å². The second kappa shape index (κ2) is 10.7. The Kier molecular flexibility index (Phi) is 7.25. The van der Waals surface area contributed by atoms with E-state index in [-0.39, 0.29) is 18.3 Å². The molecule has 0 fully saturated rings. The number of benzene rings is 3. The summed E-state index contributed by atoms with van der Waals surface area (Å²) < 4.78 is 7.71. The summed E-state index contributed by atoms with van der Waals surface area (Å²) in [4.78, 5) is 12.4. The normalized spacial score (nSPS) is 10.4. The topological polar surface area (TPSA) is 92.8 Å². The summed E-state index contributed by atoms with van der Waals surface area (Å²) in [5.41, 5.74) is 2.01. The van der Waals surface area contributed by atoms with Crippen LogP contribution in [0.1, 0.15) is 11.4 Å². The maximum absolute atomic E-state index is 12.4. The molecule has 3 aromatic carbocycles. The molecule has 0 radical (unpaired) electrons. The number of nitrogens with one attached hydrogen (secondary N) is 1. The van der Waals surface area contributed by atoms with E-state index in [0.717, 1.165) is 5.69 Å². The fraction of sp³-hybridized carbons (Fsp3) is 0.0833. The van der Waals surface area contributed by atoms with Gasteiger partial charge in [0.1, 0.15) is 12.4 Å². The van der Waals surface area contributed by atoms with Gasteiger partial charge in [-0.25, -0.2) is 0 Å². The Morgan fingerprint density at radius 2 is 1.76 bits per heavy atom. The fourth-order valence-corrected chi connectivity index (χ4v) is 3.94. The lowest BCUT2D eigenvalue weighted by molar-refractivity contribution is -0.113. The van der Waals surface area contributed by atoms with Crippen LogP contribution in [0.2, 0.25) is 5.02 Å². The number of carbonyl (C=O) groups is 1. The zero-order valence-corrected chi connectivity index (χ0v) is 18.9. The molecule has 1 heterocycles. The Morgan fingerprint density at radius 3 is 2.48 bits per heavy atom. The molecule has 33 heavy (non-hydrogen) atoms. The zero-order chi connectivity index (χ0) is 23.0. The Hall–Kier alpha value is -3.80. The van der Waals surface area contributed by atoms with Gasteiger partial charge in [0.15, 0.2) is 11.0 Å². The molecule has 9 heteroatoms. The van der Waals surface area contributed by atoms with Gasteiger partial charge in [0.05, 0.1) is 22.4 Å². The monoisotopic (exact) mass is 475 g/mol. The number of para-hydroxylation sites is 2. The summed E-state index contributed by atoms with van der Waals surface area (Å²) in [5, 5.41) is 21.3. The summed E-state index contributed by atoms with van der Waals surface area (Å²) >= 11 is 7.45. The number of nitrogens with zero attached hydrogens (tertiary/aromatic N) is 4. The van der Waals surface area contributed by atoms with Gasteiger partial charge in [-0.15, -0.1) is 10.2 Å². The second-order valence-corrected chi connectivity index (χ2v) is 8.16. The van der Waals surface area contributed by atoms with Crippen LogP contribution < -0.4 is 10.1 Å². The summed E-state index contributed by atoms with van der Waals surface area (Å²) in [6, 6.07) is 25.6.